The smallest absolute Gasteiger partial charge is 0.0701 e. The summed E-state index contributed by atoms with van der Waals surface area (Å²) in [4.78, 5) is 0. The Balaban J connectivity index is 3.27. The standard InChI is InChI=1S/C16H33ClO3/c1-5-6-8-18-10-12-20-13-11-19-9-7-16(14(2)3)15(4)17/h14-16H,5-13H2,1-4H3. The van der Waals surface area contributed by atoms with Crippen molar-refractivity contribution in [3.8, 4) is 0 Å². The monoisotopic (exact) mass is 308 g/mol. The van der Waals surface area contributed by atoms with Gasteiger partial charge in [0.25, 0.3) is 0 Å². The number of rotatable bonds is 14. The molecule has 0 aliphatic heterocycles. The molecule has 0 aliphatic carbocycles. The Kier molecular flexibility index (Phi) is 14.2. The normalized spacial score (nSPS) is 14.7. The maximum absolute atomic E-state index is 6.18. The van der Waals surface area contributed by atoms with E-state index in [0.29, 0.717) is 38.3 Å². The molecule has 0 N–H and O–H groups in total. The highest BCUT2D eigenvalue weighted by Gasteiger charge is 2.18. The van der Waals surface area contributed by atoms with Crippen LogP contribution >= 0.6 is 11.6 Å². The molecule has 0 bridgehead atoms. The first kappa shape index (κ1) is 20.2. The Morgan fingerprint density at radius 3 is 1.75 bits per heavy atom. The summed E-state index contributed by atoms with van der Waals surface area (Å²) in [6.07, 6.45) is 3.31. The lowest BCUT2D eigenvalue weighted by Crippen LogP contribution is -2.20. The number of alkyl halides is 1. The minimum Gasteiger partial charge on any atom is -0.379 e. The van der Waals surface area contributed by atoms with Crippen LogP contribution in [0.4, 0.5) is 0 Å². The maximum atomic E-state index is 6.18. The van der Waals surface area contributed by atoms with Gasteiger partial charge in [0.05, 0.1) is 26.4 Å². The molecule has 0 aromatic carbocycles. The molecular formula is C16H33ClO3. The molecule has 0 rings (SSSR count). The van der Waals surface area contributed by atoms with E-state index in [9.17, 15) is 0 Å². The van der Waals surface area contributed by atoms with Gasteiger partial charge in [0.1, 0.15) is 0 Å². The first-order valence-corrected chi connectivity index (χ1v) is 8.40. The van der Waals surface area contributed by atoms with E-state index in [-0.39, 0.29) is 5.38 Å². The second-order valence-electron chi connectivity index (χ2n) is 5.56. The van der Waals surface area contributed by atoms with Gasteiger partial charge >= 0.3 is 0 Å². The lowest BCUT2D eigenvalue weighted by molar-refractivity contribution is 0.0109. The third-order valence-corrected chi connectivity index (χ3v) is 3.75. The van der Waals surface area contributed by atoms with Crippen molar-refractivity contribution in [3.63, 3.8) is 0 Å². The zero-order chi connectivity index (χ0) is 15.2. The van der Waals surface area contributed by atoms with Gasteiger partial charge in [-0.05, 0) is 31.6 Å². The van der Waals surface area contributed by atoms with Crippen molar-refractivity contribution in [2.24, 2.45) is 11.8 Å². The predicted molar refractivity (Wildman–Crippen MR) is 85.6 cm³/mol. The van der Waals surface area contributed by atoms with Crippen LogP contribution in [0.5, 0.6) is 0 Å². The Labute approximate surface area is 130 Å². The summed E-state index contributed by atoms with van der Waals surface area (Å²) in [5, 5.41) is 0.204. The van der Waals surface area contributed by atoms with Crippen LogP contribution in [0.25, 0.3) is 0 Å². The summed E-state index contributed by atoms with van der Waals surface area (Å²) in [6.45, 7) is 12.9. The van der Waals surface area contributed by atoms with Gasteiger partial charge in [-0.1, -0.05) is 27.2 Å². The molecule has 0 aromatic heterocycles. The molecule has 20 heavy (non-hydrogen) atoms. The van der Waals surface area contributed by atoms with E-state index in [0.717, 1.165) is 26.1 Å². The molecule has 0 amide bonds. The van der Waals surface area contributed by atoms with Crippen molar-refractivity contribution in [2.75, 3.05) is 39.6 Å². The van der Waals surface area contributed by atoms with Crippen molar-refractivity contribution in [3.05, 3.63) is 0 Å². The molecule has 0 aliphatic rings. The fraction of sp³-hybridized carbons (Fsp3) is 1.00. The Morgan fingerprint density at radius 2 is 1.30 bits per heavy atom. The number of halogens is 1. The zero-order valence-corrected chi connectivity index (χ0v) is 14.5. The van der Waals surface area contributed by atoms with E-state index >= 15 is 0 Å². The molecular weight excluding hydrogens is 276 g/mol. The summed E-state index contributed by atoms with van der Waals surface area (Å²) in [7, 11) is 0. The van der Waals surface area contributed by atoms with E-state index in [1.165, 1.54) is 6.42 Å². The molecule has 0 saturated carbocycles. The quantitative estimate of drug-likeness (QED) is 0.357. The largest absolute Gasteiger partial charge is 0.379 e. The zero-order valence-electron chi connectivity index (χ0n) is 13.7. The van der Waals surface area contributed by atoms with E-state index in [4.69, 9.17) is 25.8 Å². The molecule has 2 unspecified atom stereocenters. The van der Waals surface area contributed by atoms with E-state index < -0.39 is 0 Å². The molecule has 122 valence electrons. The minimum atomic E-state index is 0.204. The van der Waals surface area contributed by atoms with Crippen LogP contribution in [0.1, 0.15) is 47.0 Å². The third-order valence-electron chi connectivity index (χ3n) is 3.43. The Hall–Kier alpha value is 0.170. The molecule has 0 fully saturated rings. The van der Waals surface area contributed by atoms with Crippen LogP contribution < -0.4 is 0 Å². The molecule has 3 nitrogen and oxygen atoms in total. The highest BCUT2D eigenvalue weighted by Crippen LogP contribution is 2.23. The average molecular weight is 309 g/mol. The van der Waals surface area contributed by atoms with Gasteiger partial charge < -0.3 is 14.2 Å². The Bertz CT molecular complexity index is 190. The SMILES string of the molecule is CCCCOCCOCCOCCC(C(C)C)C(C)Cl. The molecule has 0 saturated heterocycles. The second-order valence-corrected chi connectivity index (χ2v) is 6.25. The van der Waals surface area contributed by atoms with Gasteiger partial charge in [-0.3, -0.25) is 0 Å². The topological polar surface area (TPSA) is 27.7 Å². The lowest BCUT2D eigenvalue weighted by atomic mass is 9.90. The van der Waals surface area contributed by atoms with Gasteiger partial charge in [0.2, 0.25) is 0 Å². The second kappa shape index (κ2) is 14.1. The number of hydrogen-bond donors (Lipinski definition) is 0. The minimum absolute atomic E-state index is 0.204. The number of ether oxygens (including phenoxy) is 3. The molecule has 0 heterocycles. The molecule has 2 atom stereocenters. The van der Waals surface area contributed by atoms with Crippen LogP contribution in [0.15, 0.2) is 0 Å². The van der Waals surface area contributed by atoms with Crippen molar-refractivity contribution in [1.82, 2.24) is 0 Å². The number of hydrogen-bond acceptors (Lipinski definition) is 3. The fourth-order valence-corrected chi connectivity index (χ4v) is 2.52. The van der Waals surface area contributed by atoms with Crippen LogP contribution in [0, 0.1) is 11.8 Å². The van der Waals surface area contributed by atoms with Crippen LogP contribution in [-0.2, 0) is 14.2 Å². The van der Waals surface area contributed by atoms with E-state index in [1.54, 1.807) is 0 Å². The molecule has 0 spiro atoms. The summed E-state index contributed by atoms with van der Waals surface area (Å²) >= 11 is 6.18. The fourth-order valence-electron chi connectivity index (χ4n) is 2.10. The molecule has 0 radical (unpaired) electrons. The van der Waals surface area contributed by atoms with Crippen molar-refractivity contribution in [2.45, 2.75) is 52.3 Å². The highest BCUT2D eigenvalue weighted by molar-refractivity contribution is 6.20. The lowest BCUT2D eigenvalue weighted by Gasteiger charge is -2.23. The third kappa shape index (κ3) is 12.0. The summed E-state index contributed by atoms with van der Waals surface area (Å²) in [6, 6.07) is 0. The van der Waals surface area contributed by atoms with Gasteiger partial charge in [-0.25, -0.2) is 0 Å². The highest BCUT2D eigenvalue weighted by atomic mass is 35.5. The number of unbranched alkanes of at least 4 members (excludes halogenated alkanes) is 1. The van der Waals surface area contributed by atoms with Crippen molar-refractivity contribution in [1.29, 1.82) is 0 Å². The summed E-state index contributed by atoms with van der Waals surface area (Å²) in [5.74, 6) is 1.12. The van der Waals surface area contributed by atoms with Crippen LogP contribution in [0.2, 0.25) is 0 Å². The van der Waals surface area contributed by atoms with Crippen molar-refractivity contribution >= 4 is 11.6 Å². The summed E-state index contributed by atoms with van der Waals surface area (Å²) < 4.78 is 16.4. The summed E-state index contributed by atoms with van der Waals surface area (Å²) in [5.41, 5.74) is 0. The predicted octanol–water partition coefficient (Wildman–Crippen LogP) is 4.13. The van der Waals surface area contributed by atoms with Gasteiger partial charge in [0, 0.05) is 18.6 Å². The van der Waals surface area contributed by atoms with Crippen molar-refractivity contribution < 1.29 is 14.2 Å². The van der Waals surface area contributed by atoms with Crippen LogP contribution in [-0.4, -0.2) is 45.0 Å². The molecule has 4 heteroatoms. The van der Waals surface area contributed by atoms with Crippen LogP contribution in [0.3, 0.4) is 0 Å². The average Bonchev–Trinajstić information content (AvgIpc) is 2.39. The van der Waals surface area contributed by atoms with Gasteiger partial charge in [-0.15, -0.1) is 11.6 Å². The Morgan fingerprint density at radius 1 is 0.800 bits per heavy atom. The maximum Gasteiger partial charge on any atom is 0.0701 e. The van der Waals surface area contributed by atoms with Gasteiger partial charge in [-0.2, -0.15) is 0 Å². The van der Waals surface area contributed by atoms with Gasteiger partial charge in [0.15, 0.2) is 0 Å². The first-order valence-electron chi connectivity index (χ1n) is 7.96. The van der Waals surface area contributed by atoms with E-state index in [2.05, 4.69) is 27.7 Å². The molecule has 0 aromatic rings. The first-order chi connectivity index (χ1) is 9.59. The van der Waals surface area contributed by atoms with E-state index in [1.807, 2.05) is 0 Å².